The summed E-state index contributed by atoms with van der Waals surface area (Å²) >= 11 is 0. The van der Waals surface area contributed by atoms with Crippen LogP contribution in [0, 0.1) is 11.3 Å². The van der Waals surface area contributed by atoms with Gasteiger partial charge in [0.15, 0.2) is 0 Å². The van der Waals surface area contributed by atoms with Gasteiger partial charge in [-0.05, 0) is 32.1 Å². The van der Waals surface area contributed by atoms with E-state index in [2.05, 4.69) is 13.8 Å². The average molecular weight is 250 g/mol. The molecule has 0 fully saturated rings. The highest BCUT2D eigenvalue weighted by Gasteiger charge is 2.33. The number of hydrogen-bond donors (Lipinski definition) is 0. The van der Waals surface area contributed by atoms with Gasteiger partial charge in [-0.25, -0.2) is 8.78 Å². The maximum Gasteiger partial charge on any atom is 0.250 e. The Hall–Kier alpha value is -0.180. The minimum absolute atomic E-state index is 0.0165. The second-order valence-corrected chi connectivity index (χ2v) is 6.29. The van der Waals surface area contributed by atoms with E-state index in [1.165, 1.54) is 0 Å². The highest BCUT2D eigenvalue weighted by atomic mass is 19.3. The molecular weight excluding hydrogens is 222 g/mol. The first-order valence-electron chi connectivity index (χ1n) is 6.56. The maximum absolute atomic E-state index is 13.4. The standard InChI is InChI=1S/C14H28F2O/c1-11(2)14(15,16)9-7-8-13(5,6)10-17-12(3)4/h11-12H,7-10H2,1-6H3. The Morgan fingerprint density at radius 3 is 1.94 bits per heavy atom. The molecular formula is C14H28F2O. The molecule has 0 heterocycles. The second kappa shape index (κ2) is 6.67. The van der Waals surface area contributed by atoms with E-state index in [-0.39, 0.29) is 17.9 Å². The summed E-state index contributed by atoms with van der Waals surface area (Å²) in [5.74, 6) is -3.10. The van der Waals surface area contributed by atoms with E-state index in [1.807, 2.05) is 13.8 Å². The van der Waals surface area contributed by atoms with Crippen LogP contribution in [-0.2, 0) is 4.74 Å². The number of rotatable bonds is 8. The fourth-order valence-electron chi connectivity index (χ4n) is 1.56. The maximum atomic E-state index is 13.4. The van der Waals surface area contributed by atoms with E-state index in [1.54, 1.807) is 13.8 Å². The lowest BCUT2D eigenvalue weighted by molar-refractivity contribution is -0.0577. The molecule has 0 aromatic rings. The molecule has 3 heteroatoms. The Bertz CT molecular complexity index is 210. The van der Waals surface area contributed by atoms with Crippen LogP contribution in [0.1, 0.15) is 60.8 Å². The van der Waals surface area contributed by atoms with Crippen molar-refractivity contribution in [3.8, 4) is 0 Å². The third-order valence-corrected chi connectivity index (χ3v) is 3.02. The summed E-state index contributed by atoms with van der Waals surface area (Å²) in [6.45, 7) is 11.9. The number of alkyl halides is 2. The smallest absolute Gasteiger partial charge is 0.250 e. The first-order valence-corrected chi connectivity index (χ1v) is 6.56. The van der Waals surface area contributed by atoms with E-state index in [0.717, 1.165) is 6.42 Å². The van der Waals surface area contributed by atoms with Crippen molar-refractivity contribution in [3.05, 3.63) is 0 Å². The van der Waals surface area contributed by atoms with Crippen LogP contribution in [0.25, 0.3) is 0 Å². The van der Waals surface area contributed by atoms with Gasteiger partial charge in [0.25, 0.3) is 0 Å². The summed E-state index contributed by atoms with van der Waals surface area (Å²) in [5.41, 5.74) is -0.0165. The molecule has 0 saturated heterocycles. The van der Waals surface area contributed by atoms with Crippen molar-refractivity contribution in [1.82, 2.24) is 0 Å². The molecule has 0 amide bonds. The lowest BCUT2D eigenvalue weighted by atomic mass is 9.86. The van der Waals surface area contributed by atoms with Gasteiger partial charge in [-0.2, -0.15) is 0 Å². The van der Waals surface area contributed by atoms with Crippen LogP contribution in [0.5, 0.6) is 0 Å². The van der Waals surface area contributed by atoms with E-state index >= 15 is 0 Å². The molecule has 0 aromatic heterocycles. The van der Waals surface area contributed by atoms with Gasteiger partial charge in [-0.3, -0.25) is 0 Å². The van der Waals surface area contributed by atoms with Gasteiger partial charge in [0.2, 0.25) is 5.92 Å². The summed E-state index contributed by atoms with van der Waals surface area (Å²) in [6.07, 6.45) is 1.52. The molecule has 0 aliphatic rings. The molecule has 104 valence electrons. The Labute approximate surface area is 105 Å². The van der Waals surface area contributed by atoms with Crippen molar-refractivity contribution in [1.29, 1.82) is 0 Å². The molecule has 17 heavy (non-hydrogen) atoms. The van der Waals surface area contributed by atoms with Crippen LogP contribution in [0.15, 0.2) is 0 Å². The van der Waals surface area contributed by atoms with E-state index < -0.39 is 11.8 Å². The molecule has 0 N–H and O–H groups in total. The van der Waals surface area contributed by atoms with Crippen LogP contribution in [0.2, 0.25) is 0 Å². The fourth-order valence-corrected chi connectivity index (χ4v) is 1.56. The number of hydrogen-bond acceptors (Lipinski definition) is 1. The fraction of sp³-hybridized carbons (Fsp3) is 1.00. The highest BCUT2D eigenvalue weighted by molar-refractivity contribution is 4.74. The van der Waals surface area contributed by atoms with Crippen molar-refractivity contribution in [3.63, 3.8) is 0 Å². The Morgan fingerprint density at radius 1 is 1.00 bits per heavy atom. The molecule has 0 radical (unpaired) electrons. The summed E-state index contributed by atoms with van der Waals surface area (Å²) < 4.78 is 32.4. The van der Waals surface area contributed by atoms with E-state index in [9.17, 15) is 8.78 Å². The predicted octanol–water partition coefficient (Wildman–Crippen LogP) is 4.90. The largest absolute Gasteiger partial charge is 0.378 e. The zero-order valence-electron chi connectivity index (χ0n) is 12.1. The molecule has 0 unspecified atom stereocenters. The monoisotopic (exact) mass is 250 g/mol. The zero-order valence-corrected chi connectivity index (χ0v) is 12.1. The van der Waals surface area contributed by atoms with Crippen LogP contribution < -0.4 is 0 Å². The molecule has 0 rings (SSSR count). The average Bonchev–Trinajstić information content (AvgIpc) is 2.14. The molecule has 1 nitrogen and oxygen atoms in total. The molecule has 0 aliphatic heterocycles. The lowest BCUT2D eigenvalue weighted by Gasteiger charge is -2.27. The SMILES string of the molecule is CC(C)OCC(C)(C)CCCC(F)(F)C(C)C. The Morgan fingerprint density at radius 2 is 1.53 bits per heavy atom. The third kappa shape index (κ3) is 7.69. The third-order valence-electron chi connectivity index (χ3n) is 3.02. The van der Waals surface area contributed by atoms with Crippen molar-refractivity contribution in [2.24, 2.45) is 11.3 Å². The number of ether oxygens (including phenoxy) is 1. The van der Waals surface area contributed by atoms with Crippen LogP contribution in [0.4, 0.5) is 8.78 Å². The topological polar surface area (TPSA) is 9.23 Å². The van der Waals surface area contributed by atoms with Gasteiger partial charge in [0.05, 0.1) is 12.7 Å². The summed E-state index contributed by atoms with van der Waals surface area (Å²) in [5, 5.41) is 0. The Kier molecular flexibility index (Phi) is 6.60. The minimum atomic E-state index is -2.53. The second-order valence-electron chi connectivity index (χ2n) is 6.29. The molecule has 0 spiro atoms. The quantitative estimate of drug-likeness (QED) is 0.595. The minimum Gasteiger partial charge on any atom is -0.378 e. The summed E-state index contributed by atoms with van der Waals surface area (Å²) in [7, 11) is 0. The van der Waals surface area contributed by atoms with Crippen molar-refractivity contribution in [2.75, 3.05) is 6.61 Å². The predicted molar refractivity (Wildman–Crippen MR) is 68.5 cm³/mol. The van der Waals surface area contributed by atoms with Gasteiger partial charge < -0.3 is 4.74 Å². The van der Waals surface area contributed by atoms with Gasteiger partial charge in [-0.15, -0.1) is 0 Å². The van der Waals surface area contributed by atoms with E-state index in [0.29, 0.717) is 13.0 Å². The van der Waals surface area contributed by atoms with E-state index in [4.69, 9.17) is 4.74 Å². The van der Waals surface area contributed by atoms with Gasteiger partial charge in [0.1, 0.15) is 0 Å². The molecule has 0 saturated carbocycles. The molecule has 0 aliphatic carbocycles. The highest BCUT2D eigenvalue weighted by Crippen LogP contribution is 2.32. The first-order chi connectivity index (χ1) is 7.57. The zero-order chi connectivity index (χ0) is 13.7. The first kappa shape index (κ1) is 16.8. The van der Waals surface area contributed by atoms with Gasteiger partial charge >= 0.3 is 0 Å². The molecule has 0 aromatic carbocycles. The van der Waals surface area contributed by atoms with Gasteiger partial charge in [-0.1, -0.05) is 27.7 Å². The summed E-state index contributed by atoms with van der Waals surface area (Å²) in [4.78, 5) is 0. The van der Waals surface area contributed by atoms with Crippen LogP contribution in [-0.4, -0.2) is 18.6 Å². The van der Waals surface area contributed by atoms with Crippen molar-refractivity contribution < 1.29 is 13.5 Å². The molecule has 0 bridgehead atoms. The number of halogens is 2. The van der Waals surface area contributed by atoms with Crippen molar-refractivity contribution in [2.45, 2.75) is 72.8 Å². The Balaban J connectivity index is 3.94. The van der Waals surface area contributed by atoms with Gasteiger partial charge in [0, 0.05) is 12.3 Å². The van der Waals surface area contributed by atoms with Crippen molar-refractivity contribution >= 4 is 0 Å². The molecule has 0 atom stereocenters. The lowest BCUT2D eigenvalue weighted by Crippen LogP contribution is -2.26. The van der Waals surface area contributed by atoms with Crippen LogP contribution >= 0.6 is 0 Å². The normalized spacial score (nSPS) is 13.8. The van der Waals surface area contributed by atoms with Crippen LogP contribution in [0.3, 0.4) is 0 Å². The summed E-state index contributed by atoms with van der Waals surface area (Å²) in [6, 6.07) is 0.